The first kappa shape index (κ1) is 14.2. The van der Waals surface area contributed by atoms with E-state index in [1.165, 1.54) is 9.75 Å². The summed E-state index contributed by atoms with van der Waals surface area (Å²) in [6.45, 7) is 5.20. The van der Waals surface area contributed by atoms with E-state index in [0.717, 1.165) is 25.8 Å². The van der Waals surface area contributed by atoms with Gasteiger partial charge in [0.2, 0.25) is 0 Å². The Labute approximate surface area is 107 Å². The second-order valence-corrected chi connectivity index (χ2v) is 5.79. The largest absolute Gasteiger partial charge is 0.481 e. The molecular weight excluding hydrogens is 234 g/mol. The minimum absolute atomic E-state index is 0.278. The summed E-state index contributed by atoms with van der Waals surface area (Å²) in [4.78, 5) is 13.1. The molecule has 0 aliphatic heterocycles. The van der Waals surface area contributed by atoms with Crippen LogP contribution in [0, 0.1) is 6.92 Å². The monoisotopic (exact) mass is 255 g/mol. The Kier molecular flexibility index (Phi) is 6.22. The van der Waals surface area contributed by atoms with E-state index in [9.17, 15) is 4.79 Å². The zero-order valence-corrected chi connectivity index (χ0v) is 11.3. The van der Waals surface area contributed by atoms with E-state index in [1.54, 1.807) is 0 Å². The van der Waals surface area contributed by atoms with Crippen LogP contribution >= 0.6 is 11.3 Å². The molecule has 1 aromatic heterocycles. The summed E-state index contributed by atoms with van der Waals surface area (Å²) in [7, 11) is 0. The van der Waals surface area contributed by atoms with Crippen molar-refractivity contribution < 1.29 is 9.90 Å². The van der Waals surface area contributed by atoms with Crippen molar-refractivity contribution in [2.75, 3.05) is 6.54 Å². The zero-order chi connectivity index (χ0) is 12.7. The number of rotatable bonds is 8. The van der Waals surface area contributed by atoms with Crippen LogP contribution in [0.25, 0.3) is 0 Å². The summed E-state index contributed by atoms with van der Waals surface area (Å²) in [5.74, 6) is -0.702. The highest BCUT2D eigenvalue weighted by Gasteiger charge is 2.04. The number of aryl methyl sites for hydroxylation is 1. The van der Waals surface area contributed by atoms with Crippen molar-refractivity contribution in [3.8, 4) is 0 Å². The maximum atomic E-state index is 10.3. The normalized spacial score (nSPS) is 12.6. The molecule has 0 aliphatic carbocycles. The highest BCUT2D eigenvalue weighted by molar-refractivity contribution is 7.11. The van der Waals surface area contributed by atoms with E-state index in [-0.39, 0.29) is 6.42 Å². The van der Waals surface area contributed by atoms with Gasteiger partial charge in [-0.3, -0.25) is 4.79 Å². The Morgan fingerprint density at radius 1 is 1.47 bits per heavy atom. The summed E-state index contributed by atoms with van der Waals surface area (Å²) >= 11 is 1.85. The maximum absolute atomic E-state index is 10.3. The van der Waals surface area contributed by atoms with Crippen molar-refractivity contribution in [2.45, 2.75) is 45.6 Å². The molecule has 1 rings (SSSR count). The van der Waals surface area contributed by atoms with Gasteiger partial charge in [-0.2, -0.15) is 0 Å². The Morgan fingerprint density at radius 3 is 2.82 bits per heavy atom. The lowest BCUT2D eigenvalue weighted by Gasteiger charge is -2.12. The van der Waals surface area contributed by atoms with E-state index in [0.29, 0.717) is 6.04 Å². The predicted molar refractivity (Wildman–Crippen MR) is 71.7 cm³/mol. The van der Waals surface area contributed by atoms with E-state index in [2.05, 4.69) is 31.3 Å². The molecule has 0 aliphatic rings. The number of carboxylic acid groups (broad SMARTS) is 1. The van der Waals surface area contributed by atoms with E-state index >= 15 is 0 Å². The van der Waals surface area contributed by atoms with Gasteiger partial charge in [-0.05, 0) is 51.8 Å². The van der Waals surface area contributed by atoms with Gasteiger partial charge in [-0.15, -0.1) is 11.3 Å². The fraction of sp³-hybridized carbons (Fsp3) is 0.615. The minimum atomic E-state index is -0.702. The van der Waals surface area contributed by atoms with Gasteiger partial charge in [0.25, 0.3) is 0 Å². The van der Waals surface area contributed by atoms with Crippen LogP contribution in [0.2, 0.25) is 0 Å². The topological polar surface area (TPSA) is 49.3 Å². The van der Waals surface area contributed by atoms with Crippen molar-refractivity contribution in [1.82, 2.24) is 5.32 Å². The van der Waals surface area contributed by atoms with Crippen LogP contribution in [-0.2, 0) is 11.2 Å². The zero-order valence-electron chi connectivity index (χ0n) is 10.5. The van der Waals surface area contributed by atoms with Gasteiger partial charge in [-0.1, -0.05) is 0 Å². The molecule has 3 nitrogen and oxygen atoms in total. The minimum Gasteiger partial charge on any atom is -0.481 e. The third-order valence-electron chi connectivity index (χ3n) is 2.61. The molecule has 0 saturated heterocycles. The fourth-order valence-electron chi connectivity index (χ4n) is 1.72. The van der Waals surface area contributed by atoms with E-state index in [4.69, 9.17) is 5.11 Å². The molecule has 1 unspecified atom stereocenters. The SMILES string of the molecule is Cc1ccc(CC(C)NCCCCC(=O)O)s1. The van der Waals surface area contributed by atoms with Gasteiger partial charge in [0, 0.05) is 22.2 Å². The van der Waals surface area contributed by atoms with Crippen LogP contribution in [0.1, 0.15) is 35.9 Å². The second-order valence-electron chi connectivity index (χ2n) is 4.42. The second kappa shape index (κ2) is 7.45. The average molecular weight is 255 g/mol. The summed E-state index contributed by atoms with van der Waals surface area (Å²) in [6, 6.07) is 4.79. The van der Waals surface area contributed by atoms with Crippen LogP contribution in [0.15, 0.2) is 12.1 Å². The summed E-state index contributed by atoms with van der Waals surface area (Å²) < 4.78 is 0. The predicted octanol–water partition coefficient (Wildman–Crippen LogP) is 2.83. The van der Waals surface area contributed by atoms with Gasteiger partial charge in [0.05, 0.1) is 0 Å². The lowest BCUT2D eigenvalue weighted by atomic mass is 10.2. The highest BCUT2D eigenvalue weighted by Crippen LogP contribution is 2.16. The third kappa shape index (κ3) is 6.44. The molecule has 1 aromatic rings. The Hall–Kier alpha value is -0.870. The molecular formula is C13H21NO2S. The molecule has 0 saturated carbocycles. The smallest absolute Gasteiger partial charge is 0.303 e. The lowest BCUT2D eigenvalue weighted by molar-refractivity contribution is -0.137. The Morgan fingerprint density at radius 2 is 2.24 bits per heavy atom. The lowest BCUT2D eigenvalue weighted by Crippen LogP contribution is -2.28. The average Bonchev–Trinajstić information content (AvgIpc) is 2.63. The Balaban J connectivity index is 2.09. The molecule has 0 radical (unpaired) electrons. The van der Waals surface area contributed by atoms with Crippen molar-refractivity contribution in [3.05, 3.63) is 21.9 Å². The first-order valence-corrected chi connectivity index (χ1v) is 6.90. The molecule has 96 valence electrons. The molecule has 4 heteroatoms. The molecule has 0 amide bonds. The molecule has 0 spiro atoms. The van der Waals surface area contributed by atoms with E-state index in [1.807, 2.05) is 11.3 Å². The molecule has 17 heavy (non-hydrogen) atoms. The standard InChI is InChI=1S/C13H21NO2S/c1-10(9-12-7-6-11(2)17-12)14-8-4-3-5-13(15)16/h6-7,10,14H,3-5,8-9H2,1-2H3,(H,15,16). The molecule has 0 fully saturated rings. The number of nitrogens with one attached hydrogen (secondary N) is 1. The molecule has 2 N–H and O–H groups in total. The van der Waals surface area contributed by atoms with Crippen molar-refractivity contribution in [1.29, 1.82) is 0 Å². The summed E-state index contributed by atoms with van der Waals surface area (Å²) in [5, 5.41) is 11.9. The number of hydrogen-bond acceptors (Lipinski definition) is 3. The first-order chi connectivity index (χ1) is 8.08. The van der Waals surface area contributed by atoms with E-state index < -0.39 is 5.97 Å². The number of carboxylic acids is 1. The highest BCUT2D eigenvalue weighted by atomic mass is 32.1. The van der Waals surface area contributed by atoms with Crippen LogP contribution < -0.4 is 5.32 Å². The maximum Gasteiger partial charge on any atom is 0.303 e. The van der Waals surface area contributed by atoms with Crippen LogP contribution in [0.5, 0.6) is 0 Å². The van der Waals surface area contributed by atoms with Crippen molar-refractivity contribution in [3.63, 3.8) is 0 Å². The summed E-state index contributed by atoms with van der Waals surface area (Å²) in [5.41, 5.74) is 0. The van der Waals surface area contributed by atoms with Gasteiger partial charge < -0.3 is 10.4 Å². The van der Waals surface area contributed by atoms with Gasteiger partial charge in [-0.25, -0.2) is 0 Å². The van der Waals surface area contributed by atoms with Crippen LogP contribution in [-0.4, -0.2) is 23.7 Å². The first-order valence-electron chi connectivity index (χ1n) is 6.08. The van der Waals surface area contributed by atoms with Gasteiger partial charge in [0.1, 0.15) is 0 Å². The number of carbonyl (C=O) groups is 1. The molecule has 0 bridgehead atoms. The molecule has 1 heterocycles. The number of aliphatic carboxylic acids is 1. The van der Waals surface area contributed by atoms with Gasteiger partial charge in [0.15, 0.2) is 0 Å². The summed E-state index contributed by atoms with van der Waals surface area (Å²) in [6.07, 6.45) is 3.02. The fourth-order valence-corrected chi connectivity index (χ4v) is 2.74. The quantitative estimate of drug-likeness (QED) is 0.702. The Bertz CT molecular complexity index is 349. The van der Waals surface area contributed by atoms with Crippen LogP contribution in [0.4, 0.5) is 0 Å². The number of thiophene rings is 1. The molecule has 0 aromatic carbocycles. The third-order valence-corrected chi connectivity index (χ3v) is 3.64. The van der Waals surface area contributed by atoms with Crippen molar-refractivity contribution in [2.24, 2.45) is 0 Å². The van der Waals surface area contributed by atoms with Crippen molar-refractivity contribution >= 4 is 17.3 Å². The van der Waals surface area contributed by atoms with Gasteiger partial charge >= 0.3 is 5.97 Å². The number of hydrogen-bond donors (Lipinski definition) is 2. The molecule has 1 atom stereocenters. The van der Waals surface area contributed by atoms with Crippen LogP contribution in [0.3, 0.4) is 0 Å². The number of unbranched alkanes of at least 4 members (excludes halogenated alkanes) is 1.